The van der Waals surface area contributed by atoms with Gasteiger partial charge in [-0.05, 0) is 30.3 Å². The number of likely N-dealkylation sites (tertiary alicyclic amines) is 1. The van der Waals surface area contributed by atoms with Crippen molar-refractivity contribution in [1.29, 1.82) is 0 Å². The van der Waals surface area contributed by atoms with Crippen LogP contribution in [0.1, 0.15) is 18.7 Å². The molecule has 0 radical (unpaired) electrons. The molecule has 0 N–H and O–H groups in total. The van der Waals surface area contributed by atoms with Gasteiger partial charge in [-0.2, -0.15) is 0 Å². The van der Waals surface area contributed by atoms with Crippen molar-refractivity contribution in [2.75, 3.05) is 6.54 Å². The number of nitrogens with zero attached hydrogens (tertiary/aromatic N) is 5. The topological polar surface area (TPSA) is 111 Å². The van der Waals surface area contributed by atoms with Gasteiger partial charge >= 0.3 is 0 Å². The van der Waals surface area contributed by atoms with Gasteiger partial charge in [0.1, 0.15) is 23.4 Å². The Morgan fingerprint density at radius 3 is 3.00 bits per heavy atom. The standard InChI is InChI=1S/C17H13N5O4S/c23-13-4-1-5-22(13)7-12-20-21-17(26-12)27-16-14-10(11-3-2-6-24-11)8-25-15(14)18-9-19-16/h2-3,6,8-9H,1,4-5,7H2. The molecule has 1 saturated heterocycles. The van der Waals surface area contributed by atoms with Crippen molar-refractivity contribution in [3.63, 3.8) is 0 Å². The molecule has 5 heterocycles. The van der Waals surface area contributed by atoms with E-state index < -0.39 is 0 Å². The van der Waals surface area contributed by atoms with Crippen LogP contribution in [0.15, 0.2) is 54.5 Å². The highest BCUT2D eigenvalue weighted by Gasteiger charge is 2.23. The largest absolute Gasteiger partial charge is 0.464 e. The number of fused-ring (bicyclic) bond motifs is 1. The van der Waals surface area contributed by atoms with Gasteiger partial charge in [-0.15, -0.1) is 10.2 Å². The first kappa shape index (κ1) is 16.1. The van der Waals surface area contributed by atoms with Crippen molar-refractivity contribution >= 4 is 28.8 Å². The van der Waals surface area contributed by atoms with Gasteiger partial charge in [0, 0.05) is 13.0 Å². The Morgan fingerprint density at radius 1 is 1.22 bits per heavy atom. The van der Waals surface area contributed by atoms with Crippen LogP contribution >= 0.6 is 11.8 Å². The fraction of sp³-hybridized carbons (Fsp3) is 0.235. The molecule has 1 aliphatic rings. The van der Waals surface area contributed by atoms with Crippen LogP contribution in [0.25, 0.3) is 22.4 Å². The first-order chi connectivity index (χ1) is 13.3. The van der Waals surface area contributed by atoms with Gasteiger partial charge in [0.25, 0.3) is 5.22 Å². The van der Waals surface area contributed by atoms with E-state index in [2.05, 4.69) is 20.2 Å². The minimum atomic E-state index is 0.112. The predicted octanol–water partition coefficient (Wildman–Crippen LogP) is 3.14. The molecule has 4 aromatic rings. The second kappa shape index (κ2) is 6.54. The first-order valence-corrected chi connectivity index (χ1v) is 9.13. The van der Waals surface area contributed by atoms with Gasteiger partial charge in [0.15, 0.2) is 0 Å². The Kier molecular flexibility index (Phi) is 3.89. The molecule has 0 unspecified atom stereocenters. The highest BCUT2D eigenvalue weighted by molar-refractivity contribution is 7.99. The Morgan fingerprint density at radius 2 is 2.19 bits per heavy atom. The number of hydrogen-bond acceptors (Lipinski definition) is 9. The SMILES string of the molecule is O=C1CCCN1Cc1nnc(Sc2ncnc3occ(-c4ccco4)c23)o1. The van der Waals surface area contributed by atoms with Crippen molar-refractivity contribution in [1.82, 2.24) is 25.1 Å². The summed E-state index contributed by atoms with van der Waals surface area (Å²) >= 11 is 1.22. The lowest BCUT2D eigenvalue weighted by Gasteiger charge is -2.11. The number of furan rings is 2. The summed E-state index contributed by atoms with van der Waals surface area (Å²) < 4.78 is 16.7. The van der Waals surface area contributed by atoms with E-state index in [9.17, 15) is 4.79 Å². The van der Waals surface area contributed by atoms with Crippen LogP contribution in [0, 0.1) is 0 Å². The summed E-state index contributed by atoms with van der Waals surface area (Å²) in [5.41, 5.74) is 1.20. The highest BCUT2D eigenvalue weighted by atomic mass is 32.2. The summed E-state index contributed by atoms with van der Waals surface area (Å²) in [5.74, 6) is 1.17. The zero-order valence-electron chi connectivity index (χ0n) is 14.0. The van der Waals surface area contributed by atoms with Gasteiger partial charge in [0.2, 0.25) is 17.5 Å². The molecule has 0 saturated carbocycles. The Labute approximate surface area is 156 Å². The van der Waals surface area contributed by atoms with Crippen molar-refractivity contribution in [3.05, 3.63) is 36.9 Å². The molecule has 9 nitrogen and oxygen atoms in total. The second-order valence-corrected chi connectivity index (χ2v) is 6.91. The van der Waals surface area contributed by atoms with Crippen LogP contribution in [0.3, 0.4) is 0 Å². The number of carbonyl (C=O) groups is 1. The van der Waals surface area contributed by atoms with E-state index in [4.69, 9.17) is 13.3 Å². The number of amides is 1. The van der Waals surface area contributed by atoms with Crippen molar-refractivity contribution < 1.29 is 18.0 Å². The van der Waals surface area contributed by atoms with Gasteiger partial charge in [-0.25, -0.2) is 9.97 Å². The summed E-state index contributed by atoms with van der Waals surface area (Å²) in [6.45, 7) is 1.05. The number of carbonyl (C=O) groups excluding carboxylic acids is 1. The molecule has 27 heavy (non-hydrogen) atoms. The predicted molar refractivity (Wildman–Crippen MR) is 92.6 cm³/mol. The van der Waals surface area contributed by atoms with Gasteiger partial charge in [0.05, 0.1) is 23.8 Å². The molecule has 0 spiro atoms. The summed E-state index contributed by atoms with van der Waals surface area (Å²) in [6.07, 6.45) is 6.03. The van der Waals surface area contributed by atoms with E-state index in [1.165, 1.54) is 18.1 Å². The molecule has 136 valence electrons. The second-order valence-electron chi connectivity index (χ2n) is 5.97. The normalized spacial score (nSPS) is 14.5. The molecule has 4 aromatic heterocycles. The average molecular weight is 383 g/mol. The third-order valence-electron chi connectivity index (χ3n) is 4.25. The van der Waals surface area contributed by atoms with Gasteiger partial charge in [-0.1, -0.05) is 0 Å². The molecule has 1 fully saturated rings. The molecular formula is C17H13N5O4S. The summed E-state index contributed by atoms with van der Waals surface area (Å²) in [4.78, 5) is 21.9. The fourth-order valence-corrected chi connectivity index (χ4v) is 3.78. The van der Waals surface area contributed by atoms with E-state index in [1.54, 1.807) is 23.5 Å². The van der Waals surface area contributed by atoms with Crippen LogP contribution in [-0.2, 0) is 11.3 Å². The molecule has 10 heteroatoms. The lowest BCUT2D eigenvalue weighted by Crippen LogP contribution is -2.23. The fourth-order valence-electron chi connectivity index (χ4n) is 3.00. The Bertz CT molecular complexity index is 1100. The van der Waals surface area contributed by atoms with Crippen LogP contribution in [-0.4, -0.2) is 37.5 Å². The minimum Gasteiger partial charge on any atom is -0.464 e. The minimum absolute atomic E-state index is 0.112. The zero-order valence-corrected chi connectivity index (χ0v) is 14.8. The monoisotopic (exact) mass is 383 g/mol. The average Bonchev–Trinajstić information content (AvgIpc) is 3.44. The molecule has 1 aliphatic heterocycles. The smallest absolute Gasteiger partial charge is 0.283 e. The van der Waals surface area contributed by atoms with Crippen molar-refractivity contribution in [2.24, 2.45) is 0 Å². The van der Waals surface area contributed by atoms with E-state index in [1.807, 2.05) is 6.07 Å². The quantitative estimate of drug-likeness (QED) is 0.480. The third kappa shape index (κ3) is 2.97. The van der Waals surface area contributed by atoms with Gasteiger partial charge in [-0.3, -0.25) is 4.79 Å². The molecule has 0 atom stereocenters. The number of aromatic nitrogens is 4. The van der Waals surface area contributed by atoms with Crippen molar-refractivity contribution in [3.8, 4) is 11.3 Å². The number of rotatable bonds is 5. The first-order valence-electron chi connectivity index (χ1n) is 8.32. The van der Waals surface area contributed by atoms with E-state index in [0.717, 1.165) is 18.5 Å². The maximum absolute atomic E-state index is 11.7. The van der Waals surface area contributed by atoms with Crippen LogP contribution < -0.4 is 0 Å². The summed E-state index contributed by atoms with van der Waals surface area (Å²) in [7, 11) is 0. The molecular weight excluding hydrogens is 370 g/mol. The summed E-state index contributed by atoms with van der Waals surface area (Å²) in [5, 5.41) is 9.76. The lowest BCUT2D eigenvalue weighted by molar-refractivity contribution is -0.128. The number of hydrogen-bond donors (Lipinski definition) is 0. The van der Waals surface area contributed by atoms with E-state index in [-0.39, 0.29) is 5.91 Å². The molecule has 0 aromatic carbocycles. The maximum atomic E-state index is 11.7. The van der Waals surface area contributed by atoms with E-state index >= 15 is 0 Å². The molecule has 5 rings (SSSR count). The van der Waals surface area contributed by atoms with Crippen LogP contribution in [0.2, 0.25) is 0 Å². The van der Waals surface area contributed by atoms with Crippen molar-refractivity contribution in [2.45, 2.75) is 29.6 Å². The van der Waals surface area contributed by atoms with E-state index in [0.29, 0.717) is 46.0 Å². The third-order valence-corrected chi connectivity index (χ3v) is 5.09. The lowest BCUT2D eigenvalue weighted by atomic mass is 10.2. The maximum Gasteiger partial charge on any atom is 0.283 e. The van der Waals surface area contributed by atoms with Gasteiger partial charge < -0.3 is 18.2 Å². The highest BCUT2D eigenvalue weighted by Crippen LogP contribution is 2.37. The molecule has 1 amide bonds. The Balaban J connectivity index is 1.43. The van der Waals surface area contributed by atoms with Crippen LogP contribution in [0.5, 0.6) is 0 Å². The Hall–Kier alpha value is -3.14. The molecule has 0 aliphatic carbocycles. The summed E-state index contributed by atoms with van der Waals surface area (Å²) in [6, 6.07) is 3.64. The zero-order chi connectivity index (χ0) is 18.2. The van der Waals surface area contributed by atoms with Crippen LogP contribution in [0.4, 0.5) is 0 Å². The molecule has 0 bridgehead atoms.